The number of alkyl halides is 1. The van der Waals surface area contributed by atoms with Gasteiger partial charge in [0.15, 0.2) is 0 Å². The van der Waals surface area contributed by atoms with Gasteiger partial charge in [0.1, 0.15) is 5.75 Å². The number of rotatable bonds is 4. The van der Waals surface area contributed by atoms with Gasteiger partial charge in [0.25, 0.3) is 0 Å². The Kier molecular flexibility index (Phi) is 5.75. The Morgan fingerprint density at radius 2 is 2.00 bits per heavy atom. The fourth-order valence-corrected chi connectivity index (χ4v) is 1.93. The van der Waals surface area contributed by atoms with Gasteiger partial charge in [-0.3, -0.25) is 0 Å². The minimum atomic E-state index is 0.434. The van der Waals surface area contributed by atoms with Crippen molar-refractivity contribution in [1.82, 2.24) is 0 Å². The van der Waals surface area contributed by atoms with E-state index in [0.29, 0.717) is 28.3 Å². The second kappa shape index (κ2) is 6.33. The highest BCUT2D eigenvalue weighted by molar-refractivity contribution is 9.10. The number of hydrogen-bond acceptors (Lipinski definition) is 1. The molecule has 0 radical (unpaired) electrons. The minimum absolute atomic E-state index is 0.434. The van der Waals surface area contributed by atoms with Crippen LogP contribution in [-0.4, -0.2) is 11.9 Å². The molecule has 0 spiro atoms. The zero-order valence-corrected chi connectivity index (χ0v) is 12.8. The summed E-state index contributed by atoms with van der Waals surface area (Å²) in [5, 5.41) is 2.06. The largest absolute Gasteiger partial charge is 0.492 e. The van der Waals surface area contributed by atoms with Crippen LogP contribution in [0.5, 0.6) is 5.75 Å². The molecule has 0 saturated heterocycles. The van der Waals surface area contributed by atoms with Crippen LogP contribution in [0, 0.1) is 5.92 Å². The Morgan fingerprint density at radius 1 is 1.33 bits per heavy atom. The average molecular weight is 377 g/mol. The first-order valence-corrected chi connectivity index (χ1v) is 7.05. The molecule has 0 aliphatic heterocycles. The molecule has 1 nitrogen and oxygen atoms in total. The van der Waals surface area contributed by atoms with Crippen LogP contribution in [0.4, 0.5) is 0 Å². The molecule has 0 heterocycles. The van der Waals surface area contributed by atoms with Gasteiger partial charge in [0.2, 0.25) is 0 Å². The fourth-order valence-electron chi connectivity index (χ4n) is 0.892. The molecule has 15 heavy (non-hydrogen) atoms. The predicted molar refractivity (Wildman–Crippen MR) is 72.6 cm³/mol. The van der Waals surface area contributed by atoms with E-state index in [-0.39, 0.29) is 0 Å². The molecule has 1 aromatic carbocycles. The first kappa shape index (κ1) is 13.6. The van der Waals surface area contributed by atoms with Crippen molar-refractivity contribution < 1.29 is 4.74 Å². The van der Waals surface area contributed by atoms with E-state index >= 15 is 0 Å². The SMILES string of the molecule is CC(CBr)COc1cc(Cl)c(Br)cc1Cl. The standard InChI is InChI=1S/C10H10Br2Cl2O/c1-6(4-11)5-15-10-3-8(13)7(12)2-9(10)14/h2-3,6H,4-5H2,1H3. The Balaban J connectivity index is 2.73. The van der Waals surface area contributed by atoms with E-state index in [2.05, 4.69) is 38.8 Å². The molecule has 1 unspecified atom stereocenters. The quantitative estimate of drug-likeness (QED) is 0.520. The van der Waals surface area contributed by atoms with Crippen LogP contribution in [-0.2, 0) is 0 Å². The molecular weight excluding hydrogens is 367 g/mol. The molecule has 1 aromatic rings. The van der Waals surface area contributed by atoms with Gasteiger partial charge >= 0.3 is 0 Å². The number of halogens is 4. The lowest BCUT2D eigenvalue weighted by atomic mass is 10.2. The molecule has 1 atom stereocenters. The lowest BCUT2D eigenvalue weighted by Crippen LogP contribution is -2.09. The summed E-state index contributed by atoms with van der Waals surface area (Å²) in [4.78, 5) is 0. The third-order valence-corrected chi connectivity index (χ3v) is 4.36. The Hall–Kier alpha value is 0.560. The molecule has 0 fully saturated rings. The third-order valence-electron chi connectivity index (χ3n) is 1.76. The van der Waals surface area contributed by atoms with Gasteiger partial charge in [-0.2, -0.15) is 0 Å². The first-order valence-electron chi connectivity index (χ1n) is 4.38. The molecule has 0 bridgehead atoms. The van der Waals surface area contributed by atoms with Crippen LogP contribution < -0.4 is 4.74 Å². The van der Waals surface area contributed by atoms with Gasteiger partial charge in [0, 0.05) is 15.9 Å². The maximum Gasteiger partial charge on any atom is 0.139 e. The summed E-state index contributed by atoms with van der Waals surface area (Å²) >= 11 is 18.6. The van der Waals surface area contributed by atoms with E-state index in [1.165, 1.54) is 0 Å². The predicted octanol–water partition coefficient (Wildman–Crippen LogP) is 5.17. The minimum Gasteiger partial charge on any atom is -0.492 e. The first-order chi connectivity index (χ1) is 7.04. The maximum atomic E-state index is 6.00. The van der Waals surface area contributed by atoms with Crippen LogP contribution in [0.25, 0.3) is 0 Å². The molecule has 0 aromatic heterocycles. The van der Waals surface area contributed by atoms with Crippen LogP contribution in [0.15, 0.2) is 16.6 Å². The van der Waals surface area contributed by atoms with Crippen molar-refractivity contribution in [2.24, 2.45) is 5.92 Å². The third kappa shape index (κ3) is 4.14. The summed E-state index contributed by atoms with van der Waals surface area (Å²) in [6.45, 7) is 2.70. The van der Waals surface area contributed by atoms with E-state index < -0.39 is 0 Å². The van der Waals surface area contributed by atoms with E-state index in [1.54, 1.807) is 12.1 Å². The van der Waals surface area contributed by atoms with Gasteiger partial charge in [-0.25, -0.2) is 0 Å². The van der Waals surface area contributed by atoms with E-state index in [0.717, 1.165) is 9.80 Å². The number of hydrogen-bond donors (Lipinski definition) is 0. The Morgan fingerprint density at radius 3 is 2.60 bits per heavy atom. The normalized spacial score (nSPS) is 12.6. The van der Waals surface area contributed by atoms with Gasteiger partial charge in [-0.1, -0.05) is 46.1 Å². The zero-order valence-electron chi connectivity index (χ0n) is 8.07. The van der Waals surface area contributed by atoms with Crippen molar-refractivity contribution in [2.75, 3.05) is 11.9 Å². The fraction of sp³-hybridized carbons (Fsp3) is 0.400. The lowest BCUT2D eigenvalue weighted by molar-refractivity contribution is 0.274. The van der Waals surface area contributed by atoms with Crippen LogP contribution in [0.2, 0.25) is 10.0 Å². The van der Waals surface area contributed by atoms with E-state index in [4.69, 9.17) is 27.9 Å². The molecular formula is C10H10Br2Cl2O. The summed E-state index contributed by atoms with van der Waals surface area (Å²) < 4.78 is 6.33. The van der Waals surface area contributed by atoms with Crippen molar-refractivity contribution >= 4 is 55.1 Å². The molecule has 5 heteroatoms. The Labute approximate surface area is 116 Å². The highest BCUT2D eigenvalue weighted by Gasteiger charge is 2.08. The maximum absolute atomic E-state index is 6.00. The molecule has 0 N–H and O–H groups in total. The number of benzene rings is 1. The smallest absolute Gasteiger partial charge is 0.139 e. The second-order valence-electron chi connectivity index (χ2n) is 3.27. The van der Waals surface area contributed by atoms with Crippen LogP contribution in [0.3, 0.4) is 0 Å². The van der Waals surface area contributed by atoms with Crippen molar-refractivity contribution in [3.05, 3.63) is 26.7 Å². The topological polar surface area (TPSA) is 9.23 Å². The summed E-state index contributed by atoms with van der Waals surface area (Å²) in [6, 6.07) is 3.45. The second-order valence-corrected chi connectivity index (χ2v) is 5.58. The van der Waals surface area contributed by atoms with Crippen LogP contribution in [0.1, 0.15) is 6.92 Å². The van der Waals surface area contributed by atoms with Crippen LogP contribution >= 0.6 is 55.1 Å². The van der Waals surface area contributed by atoms with Crippen molar-refractivity contribution in [3.8, 4) is 5.75 Å². The van der Waals surface area contributed by atoms with Crippen molar-refractivity contribution in [1.29, 1.82) is 0 Å². The van der Waals surface area contributed by atoms with E-state index in [1.807, 2.05) is 0 Å². The van der Waals surface area contributed by atoms with Gasteiger partial charge in [-0.05, 0) is 27.9 Å². The van der Waals surface area contributed by atoms with Gasteiger partial charge in [-0.15, -0.1) is 0 Å². The zero-order chi connectivity index (χ0) is 11.4. The highest BCUT2D eigenvalue weighted by atomic mass is 79.9. The summed E-state index contributed by atoms with van der Waals surface area (Å²) in [7, 11) is 0. The molecule has 0 aliphatic carbocycles. The van der Waals surface area contributed by atoms with Crippen molar-refractivity contribution in [2.45, 2.75) is 6.92 Å². The monoisotopic (exact) mass is 374 g/mol. The van der Waals surface area contributed by atoms with E-state index in [9.17, 15) is 0 Å². The molecule has 0 aliphatic rings. The summed E-state index contributed by atoms with van der Waals surface area (Å²) in [6.07, 6.45) is 0. The Bertz CT molecular complexity index is 344. The van der Waals surface area contributed by atoms with Crippen molar-refractivity contribution in [3.63, 3.8) is 0 Å². The number of ether oxygens (including phenoxy) is 1. The molecule has 84 valence electrons. The summed E-state index contributed by atoms with van der Waals surface area (Å²) in [5.74, 6) is 1.06. The summed E-state index contributed by atoms with van der Waals surface area (Å²) in [5.41, 5.74) is 0. The average Bonchev–Trinajstić information content (AvgIpc) is 2.21. The lowest BCUT2D eigenvalue weighted by Gasteiger charge is -2.12. The van der Waals surface area contributed by atoms with Gasteiger partial charge < -0.3 is 4.74 Å². The molecule has 0 amide bonds. The van der Waals surface area contributed by atoms with Gasteiger partial charge in [0.05, 0.1) is 16.7 Å². The molecule has 0 saturated carbocycles. The molecule has 1 rings (SSSR count). The highest BCUT2D eigenvalue weighted by Crippen LogP contribution is 2.34.